The maximum absolute atomic E-state index is 10.7. The molecule has 80 valence electrons. The second kappa shape index (κ2) is 4.65. The van der Waals surface area contributed by atoms with Crippen LogP contribution in [0.25, 0.3) is 0 Å². The van der Waals surface area contributed by atoms with Gasteiger partial charge in [0, 0.05) is 18.6 Å². The number of Topliss-reactive ketones (excluding diaryl/α,β-unsaturated/α-hetero) is 1. The summed E-state index contributed by atoms with van der Waals surface area (Å²) >= 11 is 0. The molecule has 1 aromatic rings. The van der Waals surface area contributed by atoms with Crippen molar-refractivity contribution in [3.63, 3.8) is 0 Å². The predicted molar refractivity (Wildman–Crippen MR) is 53.4 cm³/mol. The van der Waals surface area contributed by atoms with Crippen LogP contribution in [0.3, 0.4) is 0 Å². The molecule has 1 aromatic carbocycles. The lowest BCUT2D eigenvalue weighted by atomic mass is 10.0. The van der Waals surface area contributed by atoms with E-state index in [2.05, 4.69) is 0 Å². The van der Waals surface area contributed by atoms with Crippen LogP contribution >= 0.6 is 0 Å². The van der Waals surface area contributed by atoms with Crippen molar-refractivity contribution in [1.29, 1.82) is 0 Å². The molecule has 0 saturated heterocycles. The van der Waals surface area contributed by atoms with E-state index in [1.165, 1.54) is 31.2 Å². The van der Waals surface area contributed by atoms with Crippen LogP contribution < -0.4 is 0 Å². The van der Waals surface area contributed by atoms with Crippen LogP contribution in [-0.4, -0.2) is 15.8 Å². The Kier molecular flexibility index (Phi) is 3.51. The fourth-order valence-corrected chi connectivity index (χ4v) is 1.21. The third kappa shape index (κ3) is 3.14. The molecule has 0 amide bonds. The van der Waals surface area contributed by atoms with Crippen LogP contribution in [0.15, 0.2) is 24.3 Å². The second-order valence-electron chi connectivity index (χ2n) is 3.27. The molecule has 15 heavy (non-hydrogen) atoms. The molecule has 5 heteroatoms. The van der Waals surface area contributed by atoms with E-state index in [9.17, 15) is 20.0 Å². The van der Waals surface area contributed by atoms with E-state index >= 15 is 0 Å². The number of carbonyl (C=O) groups excluding carboxylic acids is 1. The van der Waals surface area contributed by atoms with Gasteiger partial charge in [0.25, 0.3) is 5.69 Å². The number of nitro groups is 1. The second-order valence-corrected chi connectivity index (χ2v) is 3.27. The molecule has 0 saturated carbocycles. The van der Waals surface area contributed by atoms with Crippen molar-refractivity contribution in [2.45, 2.75) is 19.4 Å². The molecule has 1 atom stereocenters. The zero-order valence-electron chi connectivity index (χ0n) is 8.21. The number of nitrogens with zero attached hydrogens (tertiary/aromatic N) is 1. The molecule has 1 N–H and O–H groups in total. The summed E-state index contributed by atoms with van der Waals surface area (Å²) in [7, 11) is 0. The topological polar surface area (TPSA) is 80.4 Å². The van der Waals surface area contributed by atoms with Gasteiger partial charge >= 0.3 is 0 Å². The van der Waals surface area contributed by atoms with Crippen molar-refractivity contribution < 1.29 is 14.8 Å². The van der Waals surface area contributed by atoms with Gasteiger partial charge in [0.05, 0.1) is 11.0 Å². The first-order chi connectivity index (χ1) is 7.00. The highest BCUT2D eigenvalue weighted by molar-refractivity contribution is 5.76. The fourth-order valence-electron chi connectivity index (χ4n) is 1.21. The van der Waals surface area contributed by atoms with Gasteiger partial charge in [-0.25, -0.2) is 0 Å². The molecule has 0 aliphatic heterocycles. The highest BCUT2D eigenvalue weighted by Gasteiger charge is 2.11. The first-order valence-electron chi connectivity index (χ1n) is 4.42. The van der Waals surface area contributed by atoms with E-state index in [0.29, 0.717) is 5.56 Å². The first kappa shape index (κ1) is 11.3. The fraction of sp³-hybridized carbons (Fsp3) is 0.300. The minimum atomic E-state index is -0.886. The van der Waals surface area contributed by atoms with Gasteiger partial charge < -0.3 is 5.11 Å². The minimum absolute atomic E-state index is 0.0256. The number of aliphatic hydroxyl groups is 1. The molecule has 1 rings (SSSR count). The van der Waals surface area contributed by atoms with Crippen molar-refractivity contribution in [2.24, 2.45) is 0 Å². The van der Waals surface area contributed by atoms with Gasteiger partial charge in [-0.3, -0.25) is 14.9 Å². The lowest BCUT2D eigenvalue weighted by Gasteiger charge is -2.07. The van der Waals surface area contributed by atoms with Crippen molar-refractivity contribution in [2.75, 3.05) is 0 Å². The molecule has 0 aliphatic rings. The minimum Gasteiger partial charge on any atom is -0.388 e. The molecule has 0 fully saturated rings. The smallest absolute Gasteiger partial charge is 0.269 e. The summed E-state index contributed by atoms with van der Waals surface area (Å²) in [5, 5.41) is 19.9. The van der Waals surface area contributed by atoms with E-state index in [1.807, 2.05) is 0 Å². The Morgan fingerprint density at radius 2 is 2.00 bits per heavy atom. The Morgan fingerprint density at radius 1 is 1.47 bits per heavy atom. The maximum Gasteiger partial charge on any atom is 0.269 e. The zero-order chi connectivity index (χ0) is 11.4. The normalized spacial score (nSPS) is 12.1. The Labute approximate surface area is 86.5 Å². The average molecular weight is 209 g/mol. The summed E-state index contributed by atoms with van der Waals surface area (Å²) in [5.41, 5.74) is 0.476. The molecule has 0 radical (unpaired) electrons. The van der Waals surface area contributed by atoms with Crippen molar-refractivity contribution >= 4 is 11.5 Å². The first-order valence-corrected chi connectivity index (χ1v) is 4.42. The lowest BCUT2D eigenvalue weighted by molar-refractivity contribution is -0.384. The summed E-state index contributed by atoms with van der Waals surface area (Å²) in [4.78, 5) is 20.6. The Balaban J connectivity index is 2.79. The van der Waals surface area contributed by atoms with Gasteiger partial charge in [-0.05, 0) is 24.6 Å². The van der Waals surface area contributed by atoms with Gasteiger partial charge in [-0.1, -0.05) is 0 Å². The summed E-state index contributed by atoms with van der Waals surface area (Å²) < 4.78 is 0. The SMILES string of the molecule is CC(=O)C[C@@H](O)c1ccc([N+](=O)[O-])cc1. The third-order valence-electron chi connectivity index (χ3n) is 1.97. The third-order valence-corrected chi connectivity index (χ3v) is 1.97. The van der Waals surface area contributed by atoms with E-state index in [-0.39, 0.29) is 17.9 Å². The quantitative estimate of drug-likeness (QED) is 0.603. The zero-order valence-corrected chi connectivity index (χ0v) is 8.21. The largest absolute Gasteiger partial charge is 0.388 e. The van der Waals surface area contributed by atoms with E-state index in [1.54, 1.807) is 0 Å². The number of hydrogen-bond donors (Lipinski definition) is 1. The summed E-state index contributed by atoms with van der Waals surface area (Å²) in [6, 6.07) is 5.51. The highest BCUT2D eigenvalue weighted by Crippen LogP contribution is 2.20. The molecule has 0 unspecified atom stereocenters. The van der Waals surface area contributed by atoms with E-state index < -0.39 is 11.0 Å². The standard InChI is InChI=1S/C10H11NO4/c1-7(12)6-10(13)8-2-4-9(5-3-8)11(14)15/h2-5,10,13H,6H2,1H3/t10-/m1/s1. The molecule has 0 aliphatic carbocycles. The number of carbonyl (C=O) groups is 1. The maximum atomic E-state index is 10.7. The number of aliphatic hydroxyl groups excluding tert-OH is 1. The molecule has 5 nitrogen and oxygen atoms in total. The van der Waals surface area contributed by atoms with Crippen LogP contribution in [0, 0.1) is 10.1 Å². The summed E-state index contributed by atoms with van der Waals surface area (Å²) in [6.07, 6.45) is -0.860. The Bertz CT molecular complexity index is 372. The number of non-ortho nitro benzene ring substituents is 1. The summed E-state index contributed by atoms with van der Waals surface area (Å²) in [6.45, 7) is 1.38. The van der Waals surface area contributed by atoms with Crippen molar-refractivity contribution in [3.05, 3.63) is 39.9 Å². The molecule has 0 spiro atoms. The Morgan fingerprint density at radius 3 is 2.40 bits per heavy atom. The van der Waals surface area contributed by atoms with Gasteiger partial charge in [-0.15, -0.1) is 0 Å². The van der Waals surface area contributed by atoms with Crippen molar-refractivity contribution in [3.8, 4) is 0 Å². The van der Waals surface area contributed by atoms with Gasteiger partial charge in [0.1, 0.15) is 5.78 Å². The van der Waals surface area contributed by atoms with Crippen LogP contribution in [0.5, 0.6) is 0 Å². The average Bonchev–Trinajstić information content (AvgIpc) is 2.17. The molecular formula is C10H11NO4. The predicted octanol–water partition coefficient (Wildman–Crippen LogP) is 1.61. The van der Waals surface area contributed by atoms with Crippen molar-refractivity contribution in [1.82, 2.24) is 0 Å². The van der Waals surface area contributed by atoms with Gasteiger partial charge in [-0.2, -0.15) is 0 Å². The van der Waals surface area contributed by atoms with Crippen LogP contribution in [-0.2, 0) is 4.79 Å². The molecular weight excluding hydrogens is 198 g/mol. The van der Waals surface area contributed by atoms with E-state index in [4.69, 9.17) is 0 Å². The number of ketones is 1. The van der Waals surface area contributed by atoms with Crippen LogP contribution in [0.1, 0.15) is 25.0 Å². The lowest BCUT2D eigenvalue weighted by Crippen LogP contribution is -2.03. The van der Waals surface area contributed by atoms with Crippen LogP contribution in [0.2, 0.25) is 0 Å². The van der Waals surface area contributed by atoms with Gasteiger partial charge in [0.15, 0.2) is 0 Å². The highest BCUT2D eigenvalue weighted by atomic mass is 16.6. The molecule has 0 aromatic heterocycles. The number of rotatable bonds is 4. The van der Waals surface area contributed by atoms with Crippen LogP contribution in [0.4, 0.5) is 5.69 Å². The summed E-state index contributed by atoms with van der Waals surface area (Å²) in [5.74, 6) is -0.124. The number of benzene rings is 1. The molecule has 0 bridgehead atoms. The van der Waals surface area contributed by atoms with E-state index in [0.717, 1.165) is 0 Å². The Hall–Kier alpha value is -1.75. The number of hydrogen-bond acceptors (Lipinski definition) is 4. The van der Waals surface area contributed by atoms with Gasteiger partial charge in [0.2, 0.25) is 0 Å². The monoisotopic (exact) mass is 209 g/mol. The molecule has 0 heterocycles. The number of nitro benzene ring substituents is 1.